The van der Waals surface area contributed by atoms with E-state index in [0.717, 1.165) is 0 Å². The maximum absolute atomic E-state index is 12.8. The zero-order valence-electron chi connectivity index (χ0n) is 14.0. The number of carbonyl (C=O) groups is 4. The van der Waals surface area contributed by atoms with E-state index in [2.05, 4.69) is 16.0 Å². The van der Waals surface area contributed by atoms with Crippen molar-refractivity contribution in [2.24, 2.45) is 0 Å². The molecule has 1 aromatic carbocycles. The fraction of sp³-hybridized carbons (Fsp3) is 0.176. The number of halogens is 1. The molecule has 2 rings (SSSR count). The van der Waals surface area contributed by atoms with Gasteiger partial charge in [0.25, 0.3) is 11.8 Å². The Labute approximate surface area is 152 Å². The number of ether oxygens (including phenoxy) is 1. The van der Waals surface area contributed by atoms with Crippen molar-refractivity contribution in [3.63, 3.8) is 0 Å². The average Bonchev–Trinajstić information content (AvgIpc) is 3.19. The molecular formula is C17H16FN3O6. The molecule has 0 saturated heterocycles. The highest BCUT2D eigenvalue weighted by Crippen LogP contribution is 2.07. The monoisotopic (exact) mass is 377 g/mol. The third-order valence-electron chi connectivity index (χ3n) is 3.08. The van der Waals surface area contributed by atoms with Gasteiger partial charge in [0.15, 0.2) is 12.4 Å². The number of furan rings is 1. The van der Waals surface area contributed by atoms with Crippen molar-refractivity contribution >= 4 is 29.4 Å². The third-order valence-corrected chi connectivity index (χ3v) is 3.08. The molecule has 0 radical (unpaired) electrons. The maximum atomic E-state index is 12.8. The van der Waals surface area contributed by atoms with Crippen LogP contribution in [0.5, 0.6) is 0 Å². The molecule has 0 bridgehead atoms. The van der Waals surface area contributed by atoms with Crippen LogP contribution >= 0.6 is 0 Å². The molecule has 0 fully saturated rings. The van der Waals surface area contributed by atoms with Gasteiger partial charge in [0.05, 0.1) is 12.8 Å². The molecular weight excluding hydrogens is 361 g/mol. The first-order valence-electron chi connectivity index (χ1n) is 7.73. The van der Waals surface area contributed by atoms with Crippen LogP contribution in [-0.4, -0.2) is 43.4 Å². The Hall–Kier alpha value is -3.69. The molecule has 0 unspecified atom stereocenters. The van der Waals surface area contributed by atoms with E-state index < -0.39 is 42.7 Å². The maximum Gasteiger partial charge on any atom is 0.325 e. The summed E-state index contributed by atoms with van der Waals surface area (Å²) in [5.41, 5.74) is 0.345. The minimum atomic E-state index is -0.838. The lowest BCUT2D eigenvalue weighted by Gasteiger charge is -2.08. The molecule has 9 nitrogen and oxygen atoms in total. The Balaban J connectivity index is 1.60. The van der Waals surface area contributed by atoms with Gasteiger partial charge >= 0.3 is 5.97 Å². The molecule has 0 atom stereocenters. The second-order valence-electron chi connectivity index (χ2n) is 5.15. The van der Waals surface area contributed by atoms with Crippen LogP contribution in [0.3, 0.4) is 0 Å². The van der Waals surface area contributed by atoms with Gasteiger partial charge in [0, 0.05) is 5.69 Å². The van der Waals surface area contributed by atoms with E-state index in [4.69, 9.17) is 9.15 Å². The van der Waals surface area contributed by atoms with Crippen LogP contribution in [0, 0.1) is 5.82 Å². The zero-order valence-corrected chi connectivity index (χ0v) is 14.0. The smallest absolute Gasteiger partial charge is 0.325 e. The van der Waals surface area contributed by atoms with Crippen molar-refractivity contribution in [1.82, 2.24) is 10.6 Å². The summed E-state index contributed by atoms with van der Waals surface area (Å²) in [6.07, 6.45) is 1.32. The van der Waals surface area contributed by atoms with Crippen molar-refractivity contribution < 1.29 is 32.7 Å². The molecule has 0 aliphatic carbocycles. The molecule has 2 aromatic rings. The summed E-state index contributed by atoms with van der Waals surface area (Å²) in [6.45, 7) is -1.40. The lowest BCUT2D eigenvalue weighted by atomic mass is 10.3. The van der Waals surface area contributed by atoms with Gasteiger partial charge in [-0.1, -0.05) is 0 Å². The van der Waals surface area contributed by atoms with E-state index >= 15 is 0 Å². The first-order valence-corrected chi connectivity index (χ1v) is 7.73. The Kier molecular flexibility index (Phi) is 7.06. The van der Waals surface area contributed by atoms with Gasteiger partial charge < -0.3 is 25.1 Å². The minimum absolute atomic E-state index is 0.0503. The van der Waals surface area contributed by atoms with Crippen molar-refractivity contribution in [1.29, 1.82) is 0 Å². The third kappa shape index (κ3) is 6.98. The fourth-order valence-electron chi connectivity index (χ4n) is 1.82. The topological polar surface area (TPSA) is 127 Å². The number of anilines is 1. The SMILES string of the molecule is O=C(CNC(=O)c1ccco1)NCC(=O)OCC(=O)Nc1ccc(F)cc1. The van der Waals surface area contributed by atoms with Gasteiger partial charge in [-0.15, -0.1) is 0 Å². The highest BCUT2D eigenvalue weighted by molar-refractivity contribution is 5.95. The Morgan fingerprint density at radius 1 is 0.963 bits per heavy atom. The number of benzene rings is 1. The van der Waals surface area contributed by atoms with Crippen LogP contribution in [0.2, 0.25) is 0 Å². The Bertz CT molecular complexity index is 805. The molecule has 142 valence electrons. The van der Waals surface area contributed by atoms with E-state index in [1.54, 1.807) is 0 Å². The lowest BCUT2D eigenvalue weighted by molar-refractivity contribution is -0.147. The van der Waals surface area contributed by atoms with Crippen molar-refractivity contribution in [2.45, 2.75) is 0 Å². The molecule has 1 aromatic heterocycles. The number of amides is 3. The Morgan fingerprint density at radius 3 is 2.37 bits per heavy atom. The standard InChI is InChI=1S/C17H16FN3O6/c18-11-3-5-12(6-4-11)21-15(23)10-27-16(24)9-19-14(22)8-20-17(25)13-2-1-7-26-13/h1-7H,8-10H2,(H,19,22)(H,20,25)(H,21,23). The van der Waals surface area contributed by atoms with Crippen LogP contribution in [0.15, 0.2) is 47.1 Å². The highest BCUT2D eigenvalue weighted by atomic mass is 19.1. The van der Waals surface area contributed by atoms with Gasteiger partial charge in [-0.05, 0) is 36.4 Å². The summed E-state index contributed by atoms with van der Waals surface area (Å²) in [5, 5.41) is 6.94. The van der Waals surface area contributed by atoms with Crippen LogP contribution in [0.4, 0.5) is 10.1 Å². The normalized spacial score (nSPS) is 9.96. The van der Waals surface area contributed by atoms with Gasteiger partial charge in [0.1, 0.15) is 12.4 Å². The van der Waals surface area contributed by atoms with Crippen LogP contribution in [-0.2, 0) is 19.1 Å². The second-order valence-corrected chi connectivity index (χ2v) is 5.15. The van der Waals surface area contributed by atoms with Gasteiger partial charge in [0.2, 0.25) is 5.91 Å². The number of nitrogens with one attached hydrogen (secondary N) is 3. The number of esters is 1. The lowest BCUT2D eigenvalue weighted by Crippen LogP contribution is -2.39. The summed E-state index contributed by atoms with van der Waals surface area (Å²) in [4.78, 5) is 46.2. The van der Waals surface area contributed by atoms with Gasteiger partial charge in [-0.25, -0.2) is 4.39 Å². The molecule has 27 heavy (non-hydrogen) atoms. The van der Waals surface area contributed by atoms with Crippen molar-refractivity contribution in [3.8, 4) is 0 Å². The molecule has 0 aliphatic rings. The van der Waals surface area contributed by atoms with Gasteiger partial charge in [-0.3, -0.25) is 19.2 Å². The molecule has 1 heterocycles. The van der Waals surface area contributed by atoms with Crippen molar-refractivity contribution in [3.05, 3.63) is 54.2 Å². The van der Waals surface area contributed by atoms with E-state index in [-0.39, 0.29) is 12.3 Å². The van der Waals surface area contributed by atoms with E-state index in [1.165, 1.54) is 42.7 Å². The summed E-state index contributed by atoms with van der Waals surface area (Å²) in [7, 11) is 0. The quantitative estimate of drug-likeness (QED) is 0.573. The van der Waals surface area contributed by atoms with Crippen LogP contribution in [0.25, 0.3) is 0 Å². The van der Waals surface area contributed by atoms with E-state index in [9.17, 15) is 23.6 Å². The number of hydrogen-bond acceptors (Lipinski definition) is 6. The molecule has 3 N–H and O–H groups in total. The zero-order chi connectivity index (χ0) is 19.6. The fourth-order valence-corrected chi connectivity index (χ4v) is 1.82. The number of rotatable bonds is 8. The molecule has 3 amide bonds. The summed E-state index contributed by atoms with van der Waals surface area (Å²) in [5.74, 6) is -3.05. The van der Waals surface area contributed by atoms with E-state index in [0.29, 0.717) is 5.69 Å². The number of hydrogen-bond donors (Lipinski definition) is 3. The second kappa shape index (κ2) is 9.70. The molecule has 0 spiro atoms. The molecule has 0 saturated carbocycles. The number of carbonyl (C=O) groups excluding carboxylic acids is 4. The highest BCUT2D eigenvalue weighted by Gasteiger charge is 2.12. The van der Waals surface area contributed by atoms with Crippen LogP contribution in [0.1, 0.15) is 10.6 Å². The summed E-state index contributed by atoms with van der Waals surface area (Å²) < 4.78 is 22.3. The van der Waals surface area contributed by atoms with Gasteiger partial charge in [-0.2, -0.15) is 0 Å². The predicted molar refractivity (Wildman–Crippen MR) is 90.0 cm³/mol. The molecule has 10 heteroatoms. The van der Waals surface area contributed by atoms with Crippen molar-refractivity contribution in [2.75, 3.05) is 25.0 Å². The minimum Gasteiger partial charge on any atom is -0.459 e. The first kappa shape index (κ1) is 19.6. The Morgan fingerprint density at radius 2 is 1.70 bits per heavy atom. The predicted octanol–water partition coefficient (Wildman–Crippen LogP) is 0.447. The van der Waals surface area contributed by atoms with Crippen LogP contribution < -0.4 is 16.0 Å². The summed E-state index contributed by atoms with van der Waals surface area (Å²) >= 11 is 0. The molecule has 0 aliphatic heterocycles. The summed E-state index contributed by atoms with van der Waals surface area (Å²) in [6, 6.07) is 8.00. The largest absolute Gasteiger partial charge is 0.459 e. The first-order chi connectivity index (χ1) is 12.9. The average molecular weight is 377 g/mol. The van der Waals surface area contributed by atoms with E-state index in [1.807, 2.05) is 0 Å².